The van der Waals surface area contributed by atoms with Gasteiger partial charge in [0, 0.05) is 24.5 Å². The van der Waals surface area contributed by atoms with Gasteiger partial charge in [0.25, 0.3) is 0 Å². The van der Waals surface area contributed by atoms with Gasteiger partial charge in [-0.05, 0) is 52.7 Å². The summed E-state index contributed by atoms with van der Waals surface area (Å²) in [4.78, 5) is 21.1. The summed E-state index contributed by atoms with van der Waals surface area (Å²) in [6.07, 6.45) is 7.99. The van der Waals surface area contributed by atoms with Gasteiger partial charge in [-0.3, -0.25) is 4.79 Å². The fraction of sp³-hybridized carbons (Fsp3) is 0.733. The minimum atomic E-state index is 0.227. The fourth-order valence-electron chi connectivity index (χ4n) is 2.73. The molecule has 1 unspecified atom stereocenters. The van der Waals surface area contributed by atoms with E-state index in [4.69, 9.17) is 0 Å². The molecule has 0 radical (unpaired) electrons. The van der Waals surface area contributed by atoms with Crippen LogP contribution in [0.3, 0.4) is 0 Å². The third-order valence-corrected chi connectivity index (χ3v) is 4.68. The zero-order valence-corrected chi connectivity index (χ0v) is 13.4. The monoisotopic (exact) mass is 295 g/mol. The molecule has 1 atom stereocenters. The predicted octanol–water partition coefficient (Wildman–Crippen LogP) is 2.93. The van der Waals surface area contributed by atoms with E-state index >= 15 is 0 Å². The Morgan fingerprint density at radius 1 is 1.45 bits per heavy atom. The van der Waals surface area contributed by atoms with Crippen LogP contribution in [-0.2, 0) is 4.79 Å². The number of piperidine rings is 1. The first-order valence-electron chi connectivity index (χ1n) is 7.52. The highest BCUT2D eigenvalue weighted by Gasteiger charge is 2.28. The number of carbonyl (C=O) groups excluding carboxylic acids is 1. The maximum atomic E-state index is 12.4. The van der Waals surface area contributed by atoms with Gasteiger partial charge in [0.2, 0.25) is 5.91 Å². The number of likely N-dealkylation sites (tertiary alicyclic amines) is 1. The minimum Gasteiger partial charge on any atom is -0.333 e. The molecule has 0 bridgehead atoms. The standard InChI is InChI=1S/C15H25N3OS/c1-17(2)10-5-4-8-14(19)18-11-6-3-7-13(18)15-16-9-12-20-15/h9,12-13H,3-8,10-11H2,1-2H3. The zero-order chi connectivity index (χ0) is 14.4. The van der Waals surface area contributed by atoms with Crippen LogP contribution in [0, 0.1) is 0 Å². The molecule has 4 nitrogen and oxygen atoms in total. The molecule has 0 saturated carbocycles. The lowest BCUT2D eigenvalue weighted by atomic mass is 10.0. The predicted molar refractivity (Wildman–Crippen MR) is 82.8 cm³/mol. The van der Waals surface area contributed by atoms with Crippen LogP contribution in [0.5, 0.6) is 0 Å². The van der Waals surface area contributed by atoms with Crippen LogP contribution in [-0.4, -0.2) is 47.9 Å². The first kappa shape index (κ1) is 15.4. The maximum Gasteiger partial charge on any atom is 0.223 e. The van der Waals surface area contributed by atoms with E-state index in [-0.39, 0.29) is 6.04 Å². The van der Waals surface area contributed by atoms with Crippen LogP contribution >= 0.6 is 11.3 Å². The van der Waals surface area contributed by atoms with Crippen molar-refractivity contribution in [3.05, 3.63) is 16.6 Å². The van der Waals surface area contributed by atoms with Crippen molar-refractivity contribution in [3.8, 4) is 0 Å². The summed E-state index contributed by atoms with van der Waals surface area (Å²) >= 11 is 1.67. The van der Waals surface area contributed by atoms with Gasteiger partial charge >= 0.3 is 0 Å². The molecule has 112 valence electrons. The van der Waals surface area contributed by atoms with Gasteiger partial charge in [0.1, 0.15) is 5.01 Å². The van der Waals surface area contributed by atoms with Gasteiger partial charge in [0.05, 0.1) is 6.04 Å². The van der Waals surface area contributed by atoms with E-state index in [9.17, 15) is 4.79 Å². The zero-order valence-electron chi connectivity index (χ0n) is 12.5. The van der Waals surface area contributed by atoms with Crippen LogP contribution in [0.15, 0.2) is 11.6 Å². The van der Waals surface area contributed by atoms with Crippen molar-refractivity contribution in [1.82, 2.24) is 14.8 Å². The molecule has 1 fully saturated rings. The number of unbranched alkanes of at least 4 members (excludes halogenated alkanes) is 1. The Morgan fingerprint density at radius 3 is 3.00 bits per heavy atom. The summed E-state index contributed by atoms with van der Waals surface area (Å²) in [6.45, 7) is 1.96. The Hall–Kier alpha value is -0.940. The molecule has 0 aliphatic carbocycles. The summed E-state index contributed by atoms with van der Waals surface area (Å²) in [5.41, 5.74) is 0. The fourth-order valence-corrected chi connectivity index (χ4v) is 3.52. The summed E-state index contributed by atoms with van der Waals surface area (Å²) < 4.78 is 0. The molecule has 5 heteroatoms. The highest BCUT2D eigenvalue weighted by molar-refractivity contribution is 7.09. The quantitative estimate of drug-likeness (QED) is 0.757. The largest absolute Gasteiger partial charge is 0.333 e. The number of carbonyl (C=O) groups is 1. The van der Waals surface area contributed by atoms with Crippen molar-refractivity contribution < 1.29 is 4.79 Å². The van der Waals surface area contributed by atoms with E-state index in [2.05, 4.69) is 28.9 Å². The second-order valence-electron chi connectivity index (χ2n) is 5.73. The number of rotatable bonds is 6. The van der Waals surface area contributed by atoms with Crippen LogP contribution < -0.4 is 0 Å². The van der Waals surface area contributed by atoms with Crippen LogP contribution in [0.2, 0.25) is 0 Å². The molecular formula is C15H25N3OS. The van der Waals surface area contributed by atoms with E-state index in [0.29, 0.717) is 12.3 Å². The molecule has 1 aliphatic heterocycles. The van der Waals surface area contributed by atoms with Crippen LogP contribution in [0.4, 0.5) is 0 Å². The second kappa shape index (κ2) is 7.74. The minimum absolute atomic E-state index is 0.227. The molecule has 2 heterocycles. The lowest BCUT2D eigenvalue weighted by molar-refractivity contribution is -0.135. The topological polar surface area (TPSA) is 36.4 Å². The Labute approximate surface area is 125 Å². The number of amides is 1. The molecular weight excluding hydrogens is 270 g/mol. The van der Waals surface area contributed by atoms with E-state index < -0.39 is 0 Å². The Kier molecular flexibility index (Phi) is 5.98. The lowest BCUT2D eigenvalue weighted by Gasteiger charge is -2.34. The van der Waals surface area contributed by atoms with Gasteiger partial charge in [0.15, 0.2) is 0 Å². The van der Waals surface area contributed by atoms with Crippen molar-refractivity contribution in [3.63, 3.8) is 0 Å². The highest BCUT2D eigenvalue weighted by atomic mass is 32.1. The van der Waals surface area contributed by atoms with Crippen LogP contribution in [0.25, 0.3) is 0 Å². The number of hydrogen-bond donors (Lipinski definition) is 0. The molecule has 1 aromatic rings. The van der Waals surface area contributed by atoms with E-state index in [1.54, 1.807) is 11.3 Å². The van der Waals surface area contributed by atoms with Gasteiger partial charge in [-0.1, -0.05) is 0 Å². The van der Waals surface area contributed by atoms with Gasteiger partial charge in [-0.15, -0.1) is 11.3 Å². The average molecular weight is 295 g/mol. The number of nitrogens with zero attached hydrogens (tertiary/aromatic N) is 3. The van der Waals surface area contributed by atoms with E-state index in [1.807, 2.05) is 11.6 Å². The highest BCUT2D eigenvalue weighted by Crippen LogP contribution is 2.32. The molecule has 0 N–H and O–H groups in total. The molecule has 0 aromatic carbocycles. The maximum absolute atomic E-state index is 12.4. The third-order valence-electron chi connectivity index (χ3n) is 3.81. The van der Waals surface area contributed by atoms with Crippen molar-refractivity contribution >= 4 is 17.2 Å². The van der Waals surface area contributed by atoms with E-state index in [0.717, 1.165) is 43.8 Å². The second-order valence-corrected chi connectivity index (χ2v) is 6.66. The Morgan fingerprint density at radius 2 is 2.30 bits per heavy atom. The molecule has 1 amide bonds. The number of hydrogen-bond acceptors (Lipinski definition) is 4. The molecule has 1 aliphatic rings. The lowest BCUT2D eigenvalue weighted by Crippen LogP contribution is -2.38. The first-order chi connectivity index (χ1) is 9.68. The Bertz CT molecular complexity index is 405. The molecule has 0 spiro atoms. The summed E-state index contributed by atoms with van der Waals surface area (Å²) in [6, 6.07) is 0.227. The van der Waals surface area contributed by atoms with Crippen molar-refractivity contribution in [2.45, 2.75) is 44.6 Å². The van der Waals surface area contributed by atoms with Gasteiger partial charge in [-0.2, -0.15) is 0 Å². The van der Waals surface area contributed by atoms with Gasteiger partial charge < -0.3 is 9.80 Å². The SMILES string of the molecule is CN(C)CCCCC(=O)N1CCCCC1c1nccs1. The number of aromatic nitrogens is 1. The number of thiazole rings is 1. The van der Waals surface area contributed by atoms with Crippen LogP contribution in [0.1, 0.15) is 49.6 Å². The molecule has 1 saturated heterocycles. The van der Waals surface area contributed by atoms with Gasteiger partial charge in [-0.25, -0.2) is 4.98 Å². The van der Waals surface area contributed by atoms with Crippen molar-refractivity contribution in [2.24, 2.45) is 0 Å². The summed E-state index contributed by atoms with van der Waals surface area (Å²) in [7, 11) is 4.15. The third kappa shape index (κ3) is 4.28. The normalized spacial score (nSPS) is 19.6. The molecule has 2 rings (SSSR count). The summed E-state index contributed by atoms with van der Waals surface area (Å²) in [5.74, 6) is 0.309. The summed E-state index contributed by atoms with van der Waals surface area (Å²) in [5, 5.41) is 3.11. The van der Waals surface area contributed by atoms with Crippen molar-refractivity contribution in [1.29, 1.82) is 0 Å². The van der Waals surface area contributed by atoms with Crippen molar-refractivity contribution in [2.75, 3.05) is 27.2 Å². The smallest absolute Gasteiger partial charge is 0.223 e. The average Bonchev–Trinajstić information content (AvgIpc) is 2.97. The van der Waals surface area contributed by atoms with E-state index in [1.165, 1.54) is 6.42 Å². The Balaban J connectivity index is 1.86. The molecule has 20 heavy (non-hydrogen) atoms. The molecule has 1 aromatic heterocycles. The first-order valence-corrected chi connectivity index (χ1v) is 8.40.